The molecule has 184 valence electrons. The zero-order valence-electron chi connectivity index (χ0n) is 18.9. The summed E-state index contributed by atoms with van der Waals surface area (Å²) >= 11 is 0. The Hall–Kier alpha value is -1.84. The minimum absolute atomic E-state index is 0.0763. The highest BCUT2D eigenvalue weighted by Gasteiger charge is 2.51. The largest absolute Gasteiger partial charge is 0.416 e. The lowest BCUT2D eigenvalue weighted by molar-refractivity contribution is -0.137. The van der Waals surface area contributed by atoms with Crippen molar-refractivity contribution in [3.05, 3.63) is 29.8 Å². The second-order valence-corrected chi connectivity index (χ2v) is 9.78. The Morgan fingerprint density at radius 3 is 2.58 bits per heavy atom. The van der Waals surface area contributed by atoms with Crippen LogP contribution in [0.15, 0.2) is 24.3 Å². The summed E-state index contributed by atoms with van der Waals surface area (Å²) in [6.07, 6.45) is 0.298. The van der Waals surface area contributed by atoms with Gasteiger partial charge in [0.1, 0.15) is 0 Å². The van der Waals surface area contributed by atoms with Crippen LogP contribution in [0.4, 0.5) is 18.9 Å². The van der Waals surface area contributed by atoms with Gasteiger partial charge in [0.15, 0.2) is 0 Å². The summed E-state index contributed by atoms with van der Waals surface area (Å²) in [7, 11) is 0. The van der Waals surface area contributed by atoms with Crippen LogP contribution in [0.5, 0.6) is 0 Å². The number of rotatable bonds is 7. The van der Waals surface area contributed by atoms with Crippen molar-refractivity contribution >= 4 is 11.6 Å². The Morgan fingerprint density at radius 1 is 1.12 bits per heavy atom. The first-order chi connectivity index (χ1) is 15.7. The van der Waals surface area contributed by atoms with E-state index in [9.17, 15) is 28.2 Å². The van der Waals surface area contributed by atoms with E-state index in [-0.39, 0.29) is 36.5 Å². The SMILES string of the molecule is O=C1CCN(c2cccc(C(F)(F)F)c2)CCN1C(CO)CCCN1CCC2(CC2)[C@H](O)C1. The van der Waals surface area contributed by atoms with Gasteiger partial charge in [-0.05, 0) is 68.8 Å². The fourth-order valence-electron chi connectivity index (χ4n) is 5.28. The minimum atomic E-state index is -4.41. The van der Waals surface area contributed by atoms with Gasteiger partial charge in [-0.25, -0.2) is 0 Å². The van der Waals surface area contributed by atoms with E-state index in [1.165, 1.54) is 6.07 Å². The standard InChI is InChI=1S/C24H34F3N3O3/c25-24(26,27)18-3-1-4-19(15-18)29-11-6-22(33)30(14-13-29)20(17-31)5-2-10-28-12-9-23(7-8-23)21(32)16-28/h1,3-4,15,20-21,31-32H,2,5-14,16-17H2/t20?,21-/m1/s1. The molecule has 1 aromatic rings. The van der Waals surface area contributed by atoms with Crippen LogP contribution >= 0.6 is 0 Å². The van der Waals surface area contributed by atoms with Gasteiger partial charge >= 0.3 is 6.18 Å². The topological polar surface area (TPSA) is 67.2 Å². The first-order valence-corrected chi connectivity index (χ1v) is 11.9. The third kappa shape index (κ3) is 5.63. The molecule has 2 saturated heterocycles. The number of amides is 1. The number of anilines is 1. The fraction of sp³-hybridized carbons (Fsp3) is 0.708. The summed E-state index contributed by atoms with van der Waals surface area (Å²) in [5.41, 5.74) is -0.0677. The summed E-state index contributed by atoms with van der Waals surface area (Å²) in [6, 6.07) is 4.90. The molecule has 9 heteroatoms. The van der Waals surface area contributed by atoms with E-state index in [4.69, 9.17) is 0 Å². The van der Waals surface area contributed by atoms with Crippen molar-refractivity contribution in [1.82, 2.24) is 9.80 Å². The van der Waals surface area contributed by atoms with Gasteiger partial charge in [0, 0.05) is 38.3 Å². The molecule has 3 fully saturated rings. The van der Waals surface area contributed by atoms with Crippen LogP contribution in [-0.4, -0.2) is 83.9 Å². The number of carbonyl (C=O) groups is 1. The van der Waals surface area contributed by atoms with Crippen molar-refractivity contribution in [1.29, 1.82) is 0 Å². The van der Waals surface area contributed by atoms with Gasteiger partial charge in [-0.15, -0.1) is 0 Å². The lowest BCUT2D eigenvalue weighted by Gasteiger charge is -2.37. The van der Waals surface area contributed by atoms with Gasteiger partial charge in [0.25, 0.3) is 0 Å². The Morgan fingerprint density at radius 2 is 1.91 bits per heavy atom. The monoisotopic (exact) mass is 469 g/mol. The van der Waals surface area contributed by atoms with E-state index in [1.807, 2.05) is 4.90 Å². The van der Waals surface area contributed by atoms with Crippen LogP contribution in [0.25, 0.3) is 0 Å². The second-order valence-electron chi connectivity index (χ2n) is 9.78. The molecular formula is C24H34F3N3O3. The summed E-state index contributed by atoms with van der Waals surface area (Å²) in [5, 5.41) is 20.3. The maximum Gasteiger partial charge on any atom is 0.416 e. The number of hydrogen-bond donors (Lipinski definition) is 2. The van der Waals surface area contributed by atoms with E-state index < -0.39 is 11.7 Å². The quantitative estimate of drug-likeness (QED) is 0.643. The number of benzene rings is 1. The Kier molecular flexibility index (Phi) is 7.21. The van der Waals surface area contributed by atoms with Crippen LogP contribution in [0, 0.1) is 5.41 Å². The Balaban J connectivity index is 1.30. The second kappa shape index (κ2) is 9.80. The first-order valence-electron chi connectivity index (χ1n) is 11.9. The molecule has 3 aliphatic rings. The summed E-state index contributed by atoms with van der Waals surface area (Å²) in [5.74, 6) is -0.0763. The number of carbonyl (C=O) groups excluding carboxylic acids is 1. The summed E-state index contributed by atoms with van der Waals surface area (Å²) in [4.78, 5) is 18.5. The number of β-amino-alcohol motifs (C(OH)–C–C–N with tert-alkyl or cyclic N) is 1. The number of halogens is 3. The molecule has 1 spiro atoms. The van der Waals surface area contributed by atoms with Crippen LogP contribution in [0.2, 0.25) is 0 Å². The maximum atomic E-state index is 13.1. The first kappa shape index (κ1) is 24.3. The minimum Gasteiger partial charge on any atom is -0.394 e. The molecule has 2 heterocycles. The predicted molar refractivity (Wildman–Crippen MR) is 119 cm³/mol. The molecule has 33 heavy (non-hydrogen) atoms. The number of likely N-dealkylation sites (tertiary alicyclic amines) is 1. The molecule has 1 aromatic carbocycles. The van der Waals surface area contributed by atoms with Gasteiger partial charge in [-0.3, -0.25) is 4.79 Å². The van der Waals surface area contributed by atoms with Crippen LogP contribution < -0.4 is 4.90 Å². The normalized spacial score (nSPS) is 24.8. The molecule has 4 rings (SSSR count). The van der Waals surface area contributed by atoms with E-state index in [0.717, 1.165) is 50.9 Å². The summed E-state index contributed by atoms with van der Waals surface area (Å²) in [6.45, 7) is 3.49. The zero-order valence-corrected chi connectivity index (χ0v) is 18.9. The van der Waals surface area contributed by atoms with E-state index in [1.54, 1.807) is 11.0 Å². The van der Waals surface area contributed by atoms with Crippen molar-refractivity contribution in [3.63, 3.8) is 0 Å². The summed E-state index contributed by atoms with van der Waals surface area (Å²) < 4.78 is 39.2. The predicted octanol–water partition coefficient (Wildman–Crippen LogP) is 2.73. The molecule has 6 nitrogen and oxygen atoms in total. The van der Waals surface area contributed by atoms with Crippen molar-refractivity contribution in [3.8, 4) is 0 Å². The number of aliphatic hydroxyl groups excluding tert-OH is 2. The molecule has 0 radical (unpaired) electrons. The van der Waals surface area contributed by atoms with E-state index in [0.29, 0.717) is 38.3 Å². The average Bonchev–Trinajstić information content (AvgIpc) is 3.59. The Bertz CT molecular complexity index is 831. The molecule has 1 unspecified atom stereocenters. The number of aliphatic hydroxyl groups is 2. The van der Waals surface area contributed by atoms with Gasteiger partial charge in [-0.1, -0.05) is 6.07 Å². The van der Waals surface area contributed by atoms with Gasteiger partial charge < -0.3 is 24.9 Å². The molecule has 1 amide bonds. The van der Waals surface area contributed by atoms with Crippen molar-refractivity contribution in [2.24, 2.45) is 5.41 Å². The highest BCUT2D eigenvalue weighted by atomic mass is 19.4. The molecule has 2 aliphatic heterocycles. The van der Waals surface area contributed by atoms with Crippen LogP contribution in [0.3, 0.4) is 0 Å². The van der Waals surface area contributed by atoms with Crippen LogP contribution in [-0.2, 0) is 11.0 Å². The van der Waals surface area contributed by atoms with Gasteiger partial charge in [0.05, 0.1) is 24.3 Å². The Labute approximate surface area is 193 Å². The lowest BCUT2D eigenvalue weighted by Crippen LogP contribution is -2.46. The molecule has 0 bridgehead atoms. The number of alkyl halides is 3. The maximum absolute atomic E-state index is 13.1. The van der Waals surface area contributed by atoms with E-state index in [2.05, 4.69) is 4.90 Å². The number of nitrogens with zero attached hydrogens (tertiary/aromatic N) is 3. The zero-order chi connectivity index (χ0) is 23.6. The third-order valence-electron chi connectivity index (χ3n) is 7.68. The molecule has 2 N–H and O–H groups in total. The highest BCUT2D eigenvalue weighted by Crippen LogP contribution is 2.53. The van der Waals surface area contributed by atoms with E-state index >= 15 is 0 Å². The average molecular weight is 470 g/mol. The molecule has 2 atom stereocenters. The third-order valence-corrected chi connectivity index (χ3v) is 7.68. The van der Waals surface area contributed by atoms with Gasteiger partial charge in [-0.2, -0.15) is 13.2 Å². The van der Waals surface area contributed by atoms with Crippen molar-refractivity contribution < 1.29 is 28.2 Å². The molecule has 1 aliphatic carbocycles. The highest BCUT2D eigenvalue weighted by molar-refractivity contribution is 5.78. The van der Waals surface area contributed by atoms with Crippen LogP contribution in [0.1, 0.15) is 44.1 Å². The molecule has 0 aromatic heterocycles. The lowest BCUT2D eigenvalue weighted by atomic mass is 9.90. The fourth-order valence-corrected chi connectivity index (χ4v) is 5.28. The molecule has 1 saturated carbocycles. The number of hydrogen-bond acceptors (Lipinski definition) is 5. The number of piperidine rings is 1. The van der Waals surface area contributed by atoms with Crippen molar-refractivity contribution in [2.75, 3.05) is 50.8 Å². The van der Waals surface area contributed by atoms with Crippen molar-refractivity contribution in [2.45, 2.75) is 56.8 Å². The van der Waals surface area contributed by atoms with Gasteiger partial charge in [0.2, 0.25) is 5.91 Å². The smallest absolute Gasteiger partial charge is 0.394 e. The molecular weight excluding hydrogens is 435 g/mol.